The lowest BCUT2D eigenvalue weighted by molar-refractivity contribution is 0.0988. The van der Waals surface area contributed by atoms with Gasteiger partial charge in [0.25, 0.3) is 5.91 Å². The summed E-state index contributed by atoms with van der Waals surface area (Å²) in [5, 5.41) is 5.51. The average Bonchev–Trinajstić information content (AvgIpc) is 2.70. The van der Waals surface area contributed by atoms with Crippen LogP contribution in [0.2, 0.25) is 0 Å². The van der Waals surface area contributed by atoms with Crippen LogP contribution in [0.3, 0.4) is 0 Å². The maximum atomic E-state index is 12.8. The third kappa shape index (κ3) is 4.73. The van der Waals surface area contributed by atoms with E-state index in [0.717, 1.165) is 5.69 Å². The van der Waals surface area contributed by atoms with Crippen LogP contribution < -0.4 is 15.5 Å². The summed E-state index contributed by atoms with van der Waals surface area (Å²) in [5.41, 5.74) is 2.75. The Bertz CT molecular complexity index is 894. The van der Waals surface area contributed by atoms with Gasteiger partial charge in [0.05, 0.1) is 0 Å². The second-order valence-corrected chi connectivity index (χ2v) is 5.91. The fraction of sp³-hybridized carbons (Fsp3) is 0.0909. The predicted octanol–water partition coefficient (Wildman–Crippen LogP) is 5.00. The first-order valence-corrected chi connectivity index (χ1v) is 8.77. The Hall–Kier alpha value is -3.60. The number of carbonyl (C=O) groups excluding carboxylic acids is 2. The van der Waals surface area contributed by atoms with Crippen molar-refractivity contribution < 1.29 is 9.59 Å². The Morgan fingerprint density at radius 2 is 1.26 bits per heavy atom. The highest BCUT2D eigenvalue weighted by Crippen LogP contribution is 2.18. The maximum Gasteiger partial charge on any atom is 0.323 e. The van der Waals surface area contributed by atoms with E-state index in [2.05, 4.69) is 10.6 Å². The Morgan fingerprint density at radius 3 is 1.81 bits per heavy atom. The Labute approximate surface area is 158 Å². The summed E-state index contributed by atoms with van der Waals surface area (Å²) in [5.74, 6) is -0.0796. The molecule has 0 aliphatic rings. The quantitative estimate of drug-likeness (QED) is 0.673. The number of para-hydroxylation sites is 2. The van der Waals surface area contributed by atoms with E-state index in [1.54, 1.807) is 29.2 Å². The molecular formula is C22H21N3O2. The van der Waals surface area contributed by atoms with Crippen molar-refractivity contribution >= 4 is 29.0 Å². The first kappa shape index (κ1) is 18.2. The SMILES string of the molecule is CCN(C(=O)c1ccc(NC(=O)Nc2ccccc2)cc1)c1ccccc1. The van der Waals surface area contributed by atoms with Crippen LogP contribution in [0.1, 0.15) is 17.3 Å². The van der Waals surface area contributed by atoms with E-state index in [1.807, 2.05) is 67.6 Å². The summed E-state index contributed by atoms with van der Waals surface area (Å²) in [4.78, 5) is 26.5. The summed E-state index contributed by atoms with van der Waals surface area (Å²) < 4.78 is 0. The molecule has 3 amide bonds. The lowest BCUT2D eigenvalue weighted by Gasteiger charge is -2.21. The molecule has 0 aromatic heterocycles. The smallest absolute Gasteiger partial charge is 0.309 e. The monoisotopic (exact) mass is 359 g/mol. The van der Waals surface area contributed by atoms with Crippen molar-refractivity contribution in [2.24, 2.45) is 0 Å². The van der Waals surface area contributed by atoms with Crippen LogP contribution in [0.25, 0.3) is 0 Å². The summed E-state index contributed by atoms with van der Waals surface area (Å²) in [6, 6.07) is 25.3. The zero-order chi connectivity index (χ0) is 19.1. The van der Waals surface area contributed by atoms with E-state index in [0.29, 0.717) is 23.5 Å². The molecule has 5 heteroatoms. The fourth-order valence-corrected chi connectivity index (χ4v) is 2.72. The highest BCUT2D eigenvalue weighted by Gasteiger charge is 2.15. The summed E-state index contributed by atoms with van der Waals surface area (Å²) in [6.07, 6.45) is 0. The predicted molar refractivity (Wildman–Crippen MR) is 109 cm³/mol. The molecule has 0 saturated carbocycles. The van der Waals surface area contributed by atoms with Crippen LogP contribution in [-0.4, -0.2) is 18.5 Å². The molecular weight excluding hydrogens is 338 g/mol. The summed E-state index contributed by atoms with van der Waals surface area (Å²) in [6.45, 7) is 2.51. The van der Waals surface area contributed by atoms with Gasteiger partial charge in [0.15, 0.2) is 0 Å². The zero-order valence-electron chi connectivity index (χ0n) is 15.1. The van der Waals surface area contributed by atoms with Gasteiger partial charge in [-0.15, -0.1) is 0 Å². The highest BCUT2D eigenvalue weighted by molar-refractivity contribution is 6.06. The van der Waals surface area contributed by atoms with Gasteiger partial charge in [-0.05, 0) is 55.5 Å². The normalized spacial score (nSPS) is 10.1. The van der Waals surface area contributed by atoms with Crippen molar-refractivity contribution in [2.75, 3.05) is 22.1 Å². The van der Waals surface area contributed by atoms with Gasteiger partial charge in [0.1, 0.15) is 0 Å². The van der Waals surface area contributed by atoms with Crippen LogP contribution in [0, 0.1) is 0 Å². The van der Waals surface area contributed by atoms with Gasteiger partial charge in [-0.3, -0.25) is 4.79 Å². The number of rotatable bonds is 5. The van der Waals surface area contributed by atoms with Crippen molar-refractivity contribution in [3.63, 3.8) is 0 Å². The van der Waals surface area contributed by atoms with Crippen LogP contribution in [0.15, 0.2) is 84.9 Å². The fourth-order valence-electron chi connectivity index (χ4n) is 2.72. The topological polar surface area (TPSA) is 61.4 Å². The third-order valence-corrected chi connectivity index (χ3v) is 4.05. The van der Waals surface area contributed by atoms with Crippen molar-refractivity contribution in [3.05, 3.63) is 90.5 Å². The molecule has 0 radical (unpaired) electrons. The molecule has 0 fully saturated rings. The molecule has 0 atom stereocenters. The number of benzene rings is 3. The lowest BCUT2D eigenvalue weighted by Crippen LogP contribution is -2.30. The molecule has 3 aromatic rings. The molecule has 0 aliphatic carbocycles. The zero-order valence-corrected chi connectivity index (χ0v) is 15.1. The van der Waals surface area contributed by atoms with Gasteiger partial charge in [-0.2, -0.15) is 0 Å². The number of anilines is 3. The minimum absolute atomic E-state index is 0.0796. The molecule has 0 heterocycles. The van der Waals surface area contributed by atoms with Crippen molar-refractivity contribution in [2.45, 2.75) is 6.92 Å². The van der Waals surface area contributed by atoms with Crippen LogP contribution in [0.5, 0.6) is 0 Å². The molecule has 5 nitrogen and oxygen atoms in total. The van der Waals surface area contributed by atoms with E-state index in [1.165, 1.54) is 0 Å². The van der Waals surface area contributed by atoms with E-state index in [9.17, 15) is 9.59 Å². The van der Waals surface area contributed by atoms with Gasteiger partial charge < -0.3 is 15.5 Å². The van der Waals surface area contributed by atoms with E-state index < -0.39 is 0 Å². The Morgan fingerprint density at radius 1 is 0.741 bits per heavy atom. The number of urea groups is 1. The Balaban J connectivity index is 1.66. The first-order valence-electron chi connectivity index (χ1n) is 8.77. The number of amides is 3. The molecule has 0 bridgehead atoms. The van der Waals surface area contributed by atoms with E-state index in [4.69, 9.17) is 0 Å². The largest absolute Gasteiger partial charge is 0.323 e. The molecule has 0 unspecified atom stereocenters. The minimum atomic E-state index is -0.334. The van der Waals surface area contributed by atoms with Crippen molar-refractivity contribution in [1.29, 1.82) is 0 Å². The third-order valence-electron chi connectivity index (χ3n) is 4.05. The molecule has 2 N–H and O–H groups in total. The van der Waals surface area contributed by atoms with E-state index in [-0.39, 0.29) is 11.9 Å². The summed E-state index contributed by atoms with van der Waals surface area (Å²) in [7, 11) is 0. The molecule has 3 aromatic carbocycles. The standard InChI is InChI=1S/C22H21N3O2/c1-2-25(20-11-7-4-8-12-20)21(26)17-13-15-19(16-14-17)24-22(27)23-18-9-5-3-6-10-18/h3-16H,2H2,1H3,(H2,23,24,27). The number of carbonyl (C=O) groups is 2. The van der Waals surface area contributed by atoms with E-state index >= 15 is 0 Å². The Kier molecular flexibility index (Phi) is 5.84. The second kappa shape index (κ2) is 8.67. The summed E-state index contributed by atoms with van der Waals surface area (Å²) >= 11 is 0. The van der Waals surface area contributed by atoms with Crippen LogP contribution >= 0.6 is 0 Å². The maximum absolute atomic E-state index is 12.8. The highest BCUT2D eigenvalue weighted by atomic mass is 16.2. The van der Waals surface area contributed by atoms with Crippen LogP contribution in [-0.2, 0) is 0 Å². The molecule has 0 aliphatic heterocycles. The van der Waals surface area contributed by atoms with Gasteiger partial charge in [-0.1, -0.05) is 36.4 Å². The van der Waals surface area contributed by atoms with Crippen molar-refractivity contribution in [1.82, 2.24) is 0 Å². The molecule has 3 rings (SSSR count). The minimum Gasteiger partial charge on any atom is -0.309 e. The van der Waals surface area contributed by atoms with Gasteiger partial charge in [0, 0.05) is 29.2 Å². The number of nitrogens with zero attached hydrogens (tertiary/aromatic N) is 1. The molecule has 27 heavy (non-hydrogen) atoms. The molecule has 0 saturated heterocycles. The van der Waals surface area contributed by atoms with Crippen LogP contribution in [0.4, 0.5) is 21.9 Å². The first-order chi connectivity index (χ1) is 13.2. The molecule has 0 spiro atoms. The van der Waals surface area contributed by atoms with Gasteiger partial charge >= 0.3 is 6.03 Å². The van der Waals surface area contributed by atoms with Gasteiger partial charge in [0.2, 0.25) is 0 Å². The number of hydrogen-bond acceptors (Lipinski definition) is 2. The molecule has 136 valence electrons. The second-order valence-electron chi connectivity index (χ2n) is 5.91. The van der Waals surface area contributed by atoms with Gasteiger partial charge in [-0.25, -0.2) is 4.79 Å². The van der Waals surface area contributed by atoms with Crippen molar-refractivity contribution in [3.8, 4) is 0 Å². The number of hydrogen-bond donors (Lipinski definition) is 2. The lowest BCUT2D eigenvalue weighted by atomic mass is 10.1. The number of nitrogens with one attached hydrogen (secondary N) is 2. The average molecular weight is 359 g/mol.